The van der Waals surface area contributed by atoms with Crippen molar-refractivity contribution in [1.29, 1.82) is 0 Å². The van der Waals surface area contributed by atoms with Crippen LogP contribution < -0.4 is 5.73 Å². The summed E-state index contributed by atoms with van der Waals surface area (Å²) in [6.07, 6.45) is 6.13. The van der Waals surface area contributed by atoms with Crippen LogP contribution in [0.1, 0.15) is 43.2 Å². The van der Waals surface area contributed by atoms with Gasteiger partial charge in [0.2, 0.25) is 0 Å². The van der Waals surface area contributed by atoms with Crippen LogP contribution in [-0.2, 0) is 11.3 Å². The van der Waals surface area contributed by atoms with Crippen molar-refractivity contribution in [3.8, 4) is 0 Å². The van der Waals surface area contributed by atoms with Crippen molar-refractivity contribution in [3.63, 3.8) is 0 Å². The van der Waals surface area contributed by atoms with Gasteiger partial charge in [0.25, 0.3) is 0 Å². The summed E-state index contributed by atoms with van der Waals surface area (Å²) in [5.41, 5.74) is 8.16. The Balaban J connectivity index is 1.64. The average Bonchev–Trinajstić information content (AvgIpc) is 2.46. The highest BCUT2D eigenvalue weighted by molar-refractivity contribution is 7.80. The number of nitrogens with two attached hydrogens (primary N) is 1. The first kappa shape index (κ1) is 14.9. The molecular weight excluding hydrogens is 280 g/mol. The Morgan fingerprint density at radius 3 is 2.95 bits per heavy atom. The molecule has 1 unspecified atom stereocenters. The Hall–Kier alpha value is -0.970. The molecule has 4 heteroatoms. The Kier molecular flexibility index (Phi) is 4.29. The zero-order valence-corrected chi connectivity index (χ0v) is 13.5. The molecule has 2 aliphatic rings. The Bertz CT molecular complexity index is 527. The molecular formula is C17H24N2OS. The molecule has 1 aliphatic heterocycles. The zero-order valence-electron chi connectivity index (χ0n) is 12.7. The summed E-state index contributed by atoms with van der Waals surface area (Å²) in [4.78, 5) is 2.93. The van der Waals surface area contributed by atoms with Crippen LogP contribution in [0.3, 0.4) is 0 Å². The molecule has 1 aliphatic carbocycles. The fourth-order valence-electron chi connectivity index (χ4n) is 3.54. The molecule has 2 N–H and O–H groups in total. The number of nitrogens with zero attached hydrogens (tertiary/aromatic N) is 1. The number of thiocarbonyl (C=S) groups is 1. The molecule has 1 saturated carbocycles. The standard InChI is InChI=1S/C17H24N2OS/c1-19(12-13-4-2-5-14(10-13)16(18)21)15-6-9-20-17(11-15)7-3-8-17/h2,4-5,10,15H,3,6-9,11-12H2,1H3,(H2,18,21). The second-order valence-corrected chi connectivity index (χ2v) is 6.95. The highest BCUT2D eigenvalue weighted by atomic mass is 32.1. The van der Waals surface area contributed by atoms with E-state index in [2.05, 4.69) is 24.1 Å². The fourth-order valence-corrected chi connectivity index (χ4v) is 3.66. The van der Waals surface area contributed by atoms with Crippen molar-refractivity contribution in [3.05, 3.63) is 35.4 Å². The Labute approximate surface area is 132 Å². The van der Waals surface area contributed by atoms with Gasteiger partial charge in [0.15, 0.2) is 0 Å². The van der Waals surface area contributed by atoms with Crippen LogP contribution >= 0.6 is 12.2 Å². The summed E-state index contributed by atoms with van der Waals surface area (Å²) in [6.45, 7) is 1.85. The van der Waals surface area contributed by atoms with Gasteiger partial charge in [0.1, 0.15) is 4.99 Å². The van der Waals surface area contributed by atoms with Crippen LogP contribution in [0.4, 0.5) is 0 Å². The third-order valence-corrected chi connectivity index (χ3v) is 5.23. The molecule has 21 heavy (non-hydrogen) atoms. The molecule has 3 rings (SSSR count). The minimum absolute atomic E-state index is 0.206. The number of hydrogen-bond donors (Lipinski definition) is 1. The Morgan fingerprint density at radius 1 is 1.48 bits per heavy atom. The van der Waals surface area contributed by atoms with Gasteiger partial charge in [-0.1, -0.05) is 30.4 Å². The fraction of sp³-hybridized carbons (Fsp3) is 0.588. The van der Waals surface area contributed by atoms with Crippen LogP contribution in [0.15, 0.2) is 24.3 Å². The maximum absolute atomic E-state index is 6.02. The van der Waals surface area contributed by atoms with Gasteiger partial charge >= 0.3 is 0 Å². The molecule has 2 fully saturated rings. The van der Waals surface area contributed by atoms with Gasteiger partial charge in [0, 0.05) is 24.8 Å². The van der Waals surface area contributed by atoms with Crippen molar-refractivity contribution in [2.24, 2.45) is 5.73 Å². The zero-order chi connectivity index (χ0) is 14.9. The number of ether oxygens (including phenoxy) is 1. The third-order valence-electron chi connectivity index (χ3n) is 5.00. The van der Waals surface area contributed by atoms with E-state index in [-0.39, 0.29) is 5.60 Å². The first-order chi connectivity index (χ1) is 10.1. The van der Waals surface area contributed by atoms with Gasteiger partial charge in [-0.2, -0.15) is 0 Å². The molecule has 3 nitrogen and oxygen atoms in total. The first-order valence-electron chi connectivity index (χ1n) is 7.81. The van der Waals surface area contributed by atoms with E-state index in [1.807, 2.05) is 12.1 Å². The van der Waals surface area contributed by atoms with E-state index < -0.39 is 0 Å². The summed E-state index contributed by atoms with van der Waals surface area (Å²) >= 11 is 5.06. The number of hydrogen-bond acceptors (Lipinski definition) is 3. The summed E-state index contributed by atoms with van der Waals surface area (Å²) < 4.78 is 6.02. The lowest BCUT2D eigenvalue weighted by molar-refractivity contribution is -0.147. The van der Waals surface area contributed by atoms with Gasteiger partial charge in [0.05, 0.1) is 5.60 Å². The smallest absolute Gasteiger partial charge is 0.103 e. The van der Waals surface area contributed by atoms with Crippen molar-refractivity contribution < 1.29 is 4.74 Å². The van der Waals surface area contributed by atoms with Gasteiger partial charge in [-0.05, 0) is 50.8 Å². The van der Waals surface area contributed by atoms with Crippen LogP contribution in [0.2, 0.25) is 0 Å². The van der Waals surface area contributed by atoms with E-state index >= 15 is 0 Å². The first-order valence-corrected chi connectivity index (χ1v) is 8.22. The molecule has 114 valence electrons. The topological polar surface area (TPSA) is 38.5 Å². The minimum Gasteiger partial charge on any atom is -0.389 e. The third kappa shape index (κ3) is 3.28. The SMILES string of the molecule is CN(Cc1cccc(C(N)=S)c1)C1CCOC2(CCC2)C1. The molecule has 1 aromatic rings. The van der Waals surface area contributed by atoms with Crippen molar-refractivity contribution in [2.75, 3.05) is 13.7 Å². The van der Waals surface area contributed by atoms with E-state index in [4.69, 9.17) is 22.7 Å². The summed E-state index contributed by atoms with van der Waals surface area (Å²) in [5.74, 6) is 0. The Morgan fingerprint density at radius 2 is 2.29 bits per heavy atom. The summed E-state index contributed by atoms with van der Waals surface area (Å²) in [6, 6.07) is 8.89. The quantitative estimate of drug-likeness (QED) is 0.868. The van der Waals surface area contributed by atoms with Gasteiger partial charge < -0.3 is 10.5 Å². The van der Waals surface area contributed by atoms with Crippen molar-refractivity contribution in [1.82, 2.24) is 4.90 Å². The lowest BCUT2D eigenvalue weighted by Gasteiger charge is -2.49. The largest absolute Gasteiger partial charge is 0.389 e. The summed E-state index contributed by atoms with van der Waals surface area (Å²) in [7, 11) is 2.22. The molecule has 1 aromatic carbocycles. The van der Waals surface area contributed by atoms with Crippen LogP contribution in [0.5, 0.6) is 0 Å². The second kappa shape index (κ2) is 6.03. The van der Waals surface area contributed by atoms with E-state index in [1.165, 1.54) is 31.2 Å². The minimum atomic E-state index is 0.206. The predicted octanol–water partition coefficient (Wildman–Crippen LogP) is 2.85. The maximum atomic E-state index is 6.02. The normalized spacial score (nSPS) is 24.0. The lowest BCUT2D eigenvalue weighted by atomic mass is 9.73. The van der Waals surface area contributed by atoms with Crippen molar-refractivity contribution >= 4 is 17.2 Å². The monoisotopic (exact) mass is 304 g/mol. The van der Waals surface area contributed by atoms with E-state index in [9.17, 15) is 0 Å². The molecule has 0 bridgehead atoms. The van der Waals surface area contributed by atoms with Crippen molar-refractivity contribution in [2.45, 2.75) is 50.3 Å². The van der Waals surface area contributed by atoms with Gasteiger partial charge in [-0.3, -0.25) is 4.90 Å². The second-order valence-electron chi connectivity index (χ2n) is 6.51. The van der Waals surface area contributed by atoms with Gasteiger partial charge in [-0.15, -0.1) is 0 Å². The van der Waals surface area contributed by atoms with Crippen LogP contribution in [0, 0.1) is 0 Å². The van der Waals surface area contributed by atoms with Crippen LogP contribution in [-0.4, -0.2) is 35.2 Å². The lowest BCUT2D eigenvalue weighted by Crippen LogP contribution is -2.51. The van der Waals surface area contributed by atoms with E-state index in [0.717, 1.165) is 25.1 Å². The molecule has 1 saturated heterocycles. The van der Waals surface area contributed by atoms with Crippen LogP contribution in [0.25, 0.3) is 0 Å². The van der Waals surface area contributed by atoms with E-state index in [1.54, 1.807) is 0 Å². The molecule has 1 heterocycles. The predicted molar refractivity (Wildman–Crippen MR) is 89.4 cm³/mol. The molecule has 1 spiro atoms. The van der Waals surface area contributed by atoms with Gasteiger partial charge in [-0.25, -0.2) is 0 Å². The number of rotatable bonds is 4. The summed E-state index contributed by atoms with van der Waals surface area (Å²) in [5, 5.41) is 0. The molecule has 0 radical (unpaired) electrons. The molecule has 1 atom stereocenters. The highest BCUT2D eigenvalue weighted by Gasteiger charge is 2.43. The molecule has 0 amide bonds. The maximum Gasteiger partial charge on any atom is 0.103 e. The van der Waals surface area contributed by atoms with E-state index in [0.29, 0.717) is 11.0 Å². The molecule has 0 aromatic heterocycles. The highest BCUT2D eigenvalue weighted by Crippen LogP contribution is 2.43. The number of benzene rings is 1. The average molecular weight is 304 g/mol.